The molecule has 1 aromatic rings. The zero-order valence-corrected chi connectivity index (χ0v) is 14.9. The summed E-state index contributed by atoms with van der Waals surface area (Å²) >= 11 is 0. The first-order valence-electron chi connectivity index (χ1n) is 7.10. The van der Waals surface area contributed by atoms with E-state index in [1.165, 1.54) is 5.56 Å². The van der Waals surface area contributed by atoms with Crippen molar-refractivity contribution in [2.75, 3.05) is 26.2 Å². The number of benzene rings is 1. The smallest absolute Gasteiger partial charge is 0.123 e. The minimum absolute atomic E-state index is 0. The van der Waals surface area contributed by atoms with Gasteiger partial charge in [-0.05, 0) is 35.6 Å². The van der Waals surface area contributed by atoms with Crippen molar-refractivity contribution in [2.45, 2.75) is 33.7 Å². The van der Waals surface area contributed by atoms with E-state index in [1.807, 2.05) is 6.07 Å². The van der Waals surface area contributed by atoms with Crippen molar-refractivity contribution >= 4 is 24.8 Å². The summed E-state index contributed by atoms with van der Waals surface area (Å²) in [6.45, 7) is 12.9. The quantitative estimate of drug-likeness (QED) is 0.878. The van der Waals surface area contributed by atoms with Crippen molar-refractivity contribution in [1.29, 1.82) is 0 Å². The van der Waals surface area contributed by atoms with Gasteiger partial charge in [-0.3, -0.25) is 4.90 Å². The molecule has 0 aliphatic carbocycles. The van der Waals surface area contributed by atoms with Gasteiger partial charge < -0.3 is 5.32 Å². The molecule has 1 saturated heterocycles. The van der Waals surface area contributed by atoms with Crippen molar-refractivity contribution in [3.05, 3.63) is 35.1 Å². The van der Waals surface area contributed by atoms with Gasteiger partial charge in [-0.25, -0.2) is 4.39 Å². The number of hydrogen-bond donors (Lipinski definition) is 1. The maximum absolute atomic E-state index is 13.6. The highest BCUT2D eigenvalue weighted by molar-refractivity contribution is 5.85. The standard InChI is InChI=1S/C16H25FN2.2ClH/c1-12-5-6-13(17)11-14(12)15(16(2,3)4)19-9-7-18-8-10-19;;/h5-6,11,15,18H,7-10H2,1-4H3;2*1H/t15-;;/m1../s1. The van der Waals surface area contributed by atoms with Gasteiger partial charge >= 0.3 is 0 Å². The summed E-state index contributed by atoms with van der Waals surface area (Å²) in [6.07, 6.45) is 0. The predicted octanol–water partition coefficient (Wildman–Crippen LogP) is 3.97. The van der Waals surface area contributed by atoms with Gasteiger partial charge in [0, 0.05) is 32.2 Å². The zero-order chi connectivity index (χ0) is 14.0. The number of piperazine rings is 1. The largest absolute Gasteiger partial charge is 0.314 e. The minimum Gasteiger partial charge on any atom is -0.314 e. The number of hydrogen-bond acceptors (Lipinski definition) is 2. The van der Waals surface area contributed by atoms with Crippen LogP contribution in [0.15, 0.2) is 18.2 Å². The van der Waals surface area contributed by atoms with Gasteiger partial charge in [0.15, 0.2) is 0 Å². The molecule has 0 bridgehead atoms. The van der Waals surface area contributed by atoms with Gasteiger partial charge in [-0.15, -0.1) is 24.8 Å². The lowest BCUT2D eigenvalue weighted by Crippen LogP contribution is -2.48. The van der Waals surface area contributed by atoms with E-state index in [0.29, 0.717) is 0 Å². The average Bonchev–Trinajstić information content (AvgIpc) is 2.33. The van der Waals surface area contributed by atoms with Crippen LogP contribution in [0.1, 0.15) is 37.9 Å². The fourth-order valence-electron chi connectivity index (χ4n) is 3.06. The molecule has 0 amide bonds. The van der Waals surface area contributed by atoms with Crippen molar-refractivity contribution in [3.63, 3.8) is 0 Å². The molecule has 0 spiro atoms. The van der Waals surface area contributed by atoms with Crippen LogP contribution in [0.3, 0.4) is 0 Å². The van der Waals surface area contributed by atoms with Crippen molar-refractivity contribution in [2.24, 2.45) is 5.41 Å². The maximum atomic E-state index is 13.6. The van der Waals surface area contributed by atoms with E-state index < -0.39 is 0 Å². The monoisotopic (exact) mass is 336 g/mol. The molecule has 1 aromatic carbocycles. The van der Waals surface area contributed by atoms with Gasteiger partial charge in [0.2, 0.25) is 0 Å². The van der Waals surface area contributed by atoms with E-state index in [2.05, 4.69) is 37.9 Å². The lowest BCUT2D eigenvalue weighted by atomic mass is 9.79. The van der Waals surface area contributed by atoms with E-state index >= 15 is 0 Å². The Labute approximate surface area is 140 Å². The molecular formula is C16H27Cl2FN2. The fourth-order valence-corrected chi connectivity index (χ4v) is 3.06. The predicted molar refractivity (Wildman–Crippen MR) is 92.3 cm³/mol. The molecule has 2 rings (SSSR count). The maximum Gasteiger partial charge on any atom is 0.123 e. The third-order valence-corrected chi connectivity index (χ3v) is 3.87. The van der Waals surface area contributed by atoms with E-state index in [9.17, 15) is 4.39 Å². The van der Waals surface area contributed by atoms with Gasteiger partial charge in [0.25, 0.3) is 0 Å². The van der Waals surface area contributed by atoms with Crippen molar-refractivity contribution < 1.29 is 4.39 Å². The first-order valence-corrected chi connectivity index (χ1v) is 7.10. The molecule has 1 N–H and O–H groups in total. The second-order valence-electron chi connectivity index (χ2n) is 6.56. The number of nitrogens with zero attached hydrogens (tertiary/aromatic N) is 1. The Hall–Kier alpha value is -0.350. The highest BCUT2D eigenvalue weighted by atomic mass is 35.5. The first kappa shape index (κ1) is 20.6. The minimum atomic E-state index is -0.134. The van der Waals surface area contributed by atoms with Crippen molar-refractivity contribution in [1.82, 2.24) is 10.2 Å². The van der Waals surface area contributed by atoms with Crippen LogP contribution in [0, 0.1) is 18.2 Å². The van der Waals surface area contributed by atoms with Gasteiger partial charge in [0.05, 0.1) is 0 Å². The first-order chi connectivity index (χ1) is 8.89. The molecule has 0 unspecified atom stereocenters. The lowest BCUT2D eigenvalue weighted by Gasteiger charge is -2.43. The van der Waals surface area contributed by atoms with E-state index in [4.69, 9.17) is 0 Å². The molecule has 1 fully saturated rings. The molecule has 2 nitrogen and oxygen atoms in total. The Morgan fingerprint density at radius 1 is 1.14 bits per heavy atom. The highest BCUT2D eigenvalue weighted by Crippen LogP contribution is 2.39. The Morgan fingerprint density at radius 3 is 2.24 bits per heavy atom. The van der Waals surface area contributed by atoms with E-state index in [0.717, 1.165) is 31.7 Å². The molecular weight excluding hydrogens is 310 g/mol. The second kappa shape index (κ2) is 8.33. The zero-order valence-electron chi connectivity index (χ0n) is 13.3. The molecule has 1 aliphatic heterocycles. The lowest BCUT2D eigenvalue weighted by molar-refractivity contribution is 0.0855. The normalized spacial score (nSPS) is 17.6. The third kappa shape index (κ3) is 5.10. The number of halogens is 3. The Balaban J connectivity index is 0.00000200. The van der Waals surface area contributed by atoms with Gasteiger partial charge in [-0.1, -0.05) is 26.8 Å². The molecule has 21 heavy (non-hydrogen) atoms. The topological polar surface area (TPSA) is 15.3 Å². The molecule has 5 heteroatoms. The van der Waals surface area contributed by atoms with Crippen molar-refractivity contribution in [3.8, 4) is 0 Å². The SMILES string of the molecule is Cc1ccc(F)cc1[C@@H](N1CCNCC1)C(C)(C)C.Cl.Cl. The number of aryl methyl sites for hydroxylation is 1. The summed E-state index contributed by atoms with van der Waals surface area (Å²) < 4.78 is 13.6. The van der Waals surface area contributed by atoms with Crippen LogP contribution in [0.4, 0.5) is 4.39 Å². The molecule has 1 heterocycles. The third-order valence-electron chi connectivity index (χ3n) is 3.87. The Bertz CT molecular complexity index is 440. The second-order valence-corrected chi connectivity index (χ2v) is 6.56. The number of rotatable bonds is 2. The van der Waals surface area contributed by atoms with E-state index in [1.54, 1.807) is 12.1 Å². The van der Waals surface area contributed by atoms with Crippen LogP contribution in [0.25, 0.3) is 0 Å². The van der Waals surface area contributed by atoms with Gasteiger partial charge in [-0.2, -0.15) is 0 Å². The fraction of sp³-hybridized carbons (Fsp3) is 0.625. The summed E-state index contributed by atoms with van der Waals surface area (Å²) in [5.41, 5.74) is 2.41. The Morgan fingerprint density at radius 2 is 1.71 bits per heavy atom. The molecule has 0 radical (unpaired) electrons. The van der Waals surface area contributed by atoms with E-state index in [-0.39, 0.29) is 42.1 Å². The summed E-state index contributed by atoms with van der Waals surface area (Å²) in [6, 6.07) is 5.43. The summed E-state index contributed by atoms with van der Waals surface area (Å²) in [7, 11) is 0. The highest BCUT2D eigenvalue weighted by Gasteiger charge is 2.33. The molecule has 122 valence electrons. The summed E-state index contributed by atoms with van der Waals surface area (Å²) in [5, 5.41) is 3.38. The van der Waals surface area contributed by atoms with Crippen LogP contribution < -0.4 is 5.32 Å². The van der Waals surface area contributed by atoms with Crippen LogP contribution in [-0.4, -0.2) is 31.1 Å². The summed E-state index contributed by atoms with van der Waals surface area (Å²) in [4.78, 5) is 2.48. The number of nitrogens with one attached hydrogen (secondary N) is 1. The molecule has 1 atom stereocenters. The molecule has 0 aromatic heterocycles. The van der Waals surface area contributed by atoms with Gasteiger partial charge in [0.1, 0.15) is 5.82 Å². The average molecular weight is 337 g/mol. The van der Waals surface area contributed by atoms with Crippen LogP contribution in [-0.2, 0) is 0 Å². The van der Waals surface area contributed by atoms with Crippen LogP contribution >= 0.6 is 24.8 Å². The van der Waals surface area contributed by atoms with Crippen LogP contribution in [0.5, 0.6) is 0 Å². The molecule has 0 saturated carbocycles. The molecule has 1 aliphatic rings. The Kier molecular flexibility index (Phi) is 8.19. The van der Waals surface area contributed by atoms with Crippen LogP contribution in [0.2, 0.25) is 0 Å². The summed E-state index contributed by atoms with van der Waals surface area (Å²) in [5.74, 6) is -0.134.